The Balaban J connectivity index is 1.62. The molecule has 0 saturated carbocycles. The van der Waals surface area contributed by atoms with E-state index >= 15 is 0 Å². The van der Waals surface area contributed by atoms with Crippen LogP contribution in [-0.4, -0.2) is 47.3 Å². The van der Waals surface area contributed by atoms with E-state index in [1.165, 1.54) is 24.2 Å². The first-order valence-electron chi connectivity index (χ1n) is 6.02. The van der Waals surface area contributed by atoms with Crippen LogP contribution in [0.4, 0.5) is 0 Å². The van der Waals surface area contributed by atoms with Gasteiger partial charge in [-0.1, -0.05) is 11.3 Å². The van der Waals surface area contributed by atoms with Gasteiger partial charge in [-0.05, 0) is 25.9 Å². The Morgan fingerprint density at radius 1 is 1.53 bits per heavy atom. The van der Waals surface area contributed by atoms with E-state index < -0.39 is 0 Å². The van der Waals surface area contributed by atoms with Gasteiger partial charge in [-0.3, -0.25) is 4.79 Å². The number of aromatic amines is 1. The molecule has 1 aromatic rings. The quantitative estimate of drug-likeness (QED) is 0.670. The van der Waals surface area contributed by atoms with Crippen LogP contribution in [0.2, 0.25) is 0 Å². The van der Waals surface area contributed by atoms with Crippen LogP contribution >= 0.6 is 11.3 Å². The summed E-state index contributed by atoms with van der Waals surface area (Å²) in [5, 5.41) is 14.8. The fourth-order valence-corrected chi connectivity index (χ4v) is 2.68. The molecular weight excluding hydrogens is 238 g/mol. The number of hydrogen-bond donors (Lipinski definition) is 3. The van der Waals surface area contributed by atoms with Crippen molar-refractivity contribution in [1.82, 2.24) is 15.2 Å². The van der Waals surface area contributed by atoms with Crippen molar-refractivity contribution in [2.24, 2.45) is 0 Å². The second kappa shape index (κ2) is 6.30. The van der Waals surface area contributed by atoms with E-state index in [2.05, 4.69) is 15.2 Å². The summed E-state index contributed by atoms with van der Waals surface area (Å²) in [6.07, 6.45) is 2.16. The monoisotopic (exact) mass is 257 g/mol. The van der Waals surface area contributed by atoms with E-state index in [1.807, 2.05) is 5.38 Å². The van der Waals surface area contributed by atoms with Gasteiger partial charge in [0.2, 0.25) is 0 Å². The van der Waals surface area contributed by atoms with Crippen LogP contribution in [0.15, 0.2) is 10.2 Å². The highest BCUT2D eigenvalue weighted by atomic mass is 32.1. The van der Waals surface area contributed by atoms with Gasteiger partial charge in [-0.25, -0.2) is 0 Å². The Hall–Kier alpha value is -0.690. The number of β-amino-alcohol motifs (C(OH)–C–C–N with tert-alkyl or cyclic N) is 1. The summed E-state index contributed by atoms with van der Waals surface area (Å²) in [7, 11) is 0. The molecule has 1 unspecified atom stereocenters. The average Bonchev–Trinajstić information content (AvgIpc) is 2.90. The molecule has 0 radical (unpaired) electrons. The van der Waals surface area contributed by atoms with Crippen LogP contribution in [0.25, 0.3) is 0 Å². The number of H-pyrrole nitrogens is 1. The minimum absolute atomic E-state index is 0.0283. The van der Waals surface area contributed by atoms with Gasteiger partial charge in [-0.15, -0.1) is 0 Å². The Bertz CT molecular complexity index is 384. The molecule has 0 amide bonds. The highest BCUT2D eigenvalue weighted by molar-refractivity contribution is 7.07. The number of nitrogens with zero attached hydrogens (tertiary/aromatic N) is 1. The molecule has 0 aromatic carbocycles. The van der Waals surface area contributed by atoms with Crippen LogP contribution in [0.5, 0.6) is 0 Å². The maximum atomic E-state index is 10.9. The SMILES string of the molecule is O=c1[nH]c(CNCC(O)CN2CCCC2)cs1. The van der Waals surface area contributed by atoms with Crippen molar-refractivity contribution >= 4 is 11.3 Å². The van der Waals surface area contributed by atoms with Crippen molar-refractivity contribution < 1.29 is 5.11 Å². The van der Waals surface area contributed by atoms with E-state index in [0.717, 1.165) is 25.3 Å². The number of likely N-dealkylation sites (tertiary alicyclic amines) is 1. The highest BCUT2D eigenvalue weighted by Crippen LogP contribution is 2.07. The normalized spacial score (nSPS) is 18.6. The lowest BCUT2D eigenvalue weighted by Gasteiger charge is -2.19. The zero-order valence-electron chi connectivity index (χ0n) is 9.82. The van der Waals surface area contributed by atoms with Crippen LogP contribution in [-0.2, 0) is 6.54 Å². The average molecular weight is 257 g/mol. The summed E-state index contributed by atoms with van der Waals surface area (Å²) in [6, 6.07) is 0. The molecule has 17 heavy (non-hydrogen) atoms. The standard InChI is InChI=1S/C11H19N3O2S/c15-10(7-14-3-1-2-4-14)6-12-5-9-8-17-11(16)13-9/h8,10,12,15H,1-7H2,(H,13,16). The second-order valence-corrected chi connectivity index (χ2v) is 5.31. The first-order chi connectivity index (χ1) is 8.24. The molecule has 96 valence electrons. The predicted octanol–water partition coefficient (Wildman–Crippen LogP) is -0.0173. The molecular formula is C11H19N3O2S. The third-order valence-corrected chi connectivity index (χ3v) is 3.65. The lowest BCUT2D eigenvalue weighted by atomic mass is 10.3. The van der Waals surface area contributed by atoms with Crippen LogP contribution < -0.4 is 10.2 Å². The van der Waals surface area contributed by atoms with Crippen LogP contribution in [0, 0.1) is 0 Å². The van der Waals surface area contributed by atoms with E-state index in [9.17, 15) is 9.90 Å². The number of thiazole rings is 1. The fourth-order valence-electron chi connectivity index (χ4n) is 2.10. The minimum Gasteiger partial charge on any atom is -0.390 e. The lowest BCUT2D eigenvalue weighted by Crippen LogP contribution is -2.36. The molecule has 5 nitrogen and oxygen atoms in total. The maximum Gasteiger partial charge on any atom is 0.304 e. The Labute approximate surface area is 104 Å². The molecule has 0 aliphatic carbocycles. The molecule has 1 aliphatic rings. The number of rotatable bonds is 6. The Morgan fingerprint density at radius 2 is 2.29 bits per heavy atom. The van der Waals surface area contributed by atoms with Gasteiger partial charge >= 0.3 is 4.87 Å². The van der Waals surface area contributed by atoms with Gasteiger partial charge in [0.1, 0.15) is 0 Å². The smallest absolute Gasteiger partial charge is 0.304 e. The van der Waals surface area contributed by atoms with Crippen molar-refractivity contribution in [1.29, 1.82) is 0 Å². The molecule has 1 aliphatic heterocycles. The van der Waals surface area contributed by atoms with E-state index in [1.54, 1.807) is 0 Å². The third-order valence-electron chi connectivity index (χ3n) is 2.93. The zero-order valence-corrected chi connectivity index (χ0v) is 10.6. The summed E-state index contributed by atoms with van der Waals surface area (Å²) < 4.78 is 0. The molecule has 2 rings (SSSR count). The van der Waals surface area contributed by atoms with Gasteiger partial charge in [-0.2, -0.15) is 0 Å². The summed E-state index contributed by atoms with van der Waals surface area (Å²) in [5.74, 6) is 0. The highest BCUT2D eigenvalue weighted by Gasteiger charge is 2.15. The molecule has 2 heterocycles. The topological polar surface area (TPSA) is 68.4 Å². The van der Waals surface area contributed by atoms with E-state index in [0.29, 0.717) is 13.1 Å². The Kier molecular flexibility index (Phi) is 4.73. The van der Waals surface area contributed by atoms with Gasteiger partial charge in [0, 0.05) is 30.7 Å². The molecule has 1 atom stereocenters. The summed E-state index contributed by atoms with van der Waals surface area (Å²) in [4.78, 5) is 15.9. The van der Waals surface area contributed by atoms with Crippen molar-refractivity contribution in [3.63, 3.8) is 0 Å². The number of aliphatic hydroxyl groups excluding tert-OH is 1. The first kappa shape index (κ1) is 12.8. The zero-order chi connectivity index (χ0) is 12.1. The molecule has 0 spiro atoms. The lowest BCUT2D eigenvalue weighted by molar-refractivity contribution is 0.123. The summed E-state index contributed by atoms with van der Waals surface area (Å²) >= 11 is 1.17. The van der Waals surface area contributed by atoms with Gasteiger partial charge in [0.25, 0.3) is 0 Å². The summed E-state index contributed by atoms with van der Waals surface area (Å²) in [6.45, 7) is 4.13. The number of nitrogens with one attached hydrogen (secondary N) is 2. The van der Waals surface area contributed by atoms with Crippen LogP contribution in [0.3, 0.4) is 0 Å². The van der Waals surface area contributed by atoms with Crippen molar-refractivity contribution in [2.45, 2.75) is 25.5 Å². The molecule has 1 fully saturated rings. The second-order valence-electron chi connectivity index (χ2n) is 4.47. The number of aliphatic hydroxyl groups is 1. The largest absolute Gasteiger partial charge is 0.390 e. The van der Waals surface area contributed by atoms with Crippen molar-refractivity contribution in [3.8, 4) is 0 Å². The molecule has 6 heteroatoms. The van der Waals surface area contributed by atoms with Gasteiger partial charge in [0.15, 0.2) is 0 Å². The maximum absolute atomic E-state index is 10.9. The molecule has 0 bridgehead atoms. The van der Waals surface area contributed by atoms with Gasteiger partial charge < -0.3 is 20.3 Å². The fraction of sp³-hybridized carbons (Fsp3) is 0.727. The minimum atomic E-state index is -0.335. The van der Waals surface area contributed by atoms with Crippen molar-refractivity contribution in [2.75, 3.05) is 26.2 Å². The van der Waals surface area contributed by atoms with Gasteiger partial charge in [0.05, 0.1) is 6.10 Å². The van der Waals surface area contributed by atoms with E-state index in [-0.39, 0.29) is 11.0 Å². The molecule has 1 aromatic heterocycles. The molecule has 3 N–H and O–H groups in total. The number of aromatic nitrogens is 1. The van der Waals surface area contributed by atoms with E-state index in [4.69, 9.17) is 0 Å². The third kappa shape index (κ3) is 4.23. The number of hydrogen-bond acceptors (Lipinski definition) is 5. The predicted molar refractivity (Wildman–Crippen MR) is 68.3 cm³/mol. The Morgan fingerprint density at radius 3 is 2.94 bits per heavy atom. The van der Waals surface area contributed by atoms with Crippen LogP contribution in [0.1, 0.15) is 18.5 Å². The summed E-state index contributed by atoms with van der Waals surface area (Å²) in [5.41, 5.74) is 0.883. The molecule has 1 saturated heterocycles. The first-order valence-corrected chi connectivity index (χ1v) is 6.90. The van der Waals surface area contributed by atoms with Crippen molar-refractivity contribution in [3.05, 3.63) is 20.7 Å².